The summed E-state index contributed by atoms with van der Waals surface area (Å²) in [5.41, 5.74) is 4.29. The lowest BCUT2D eigenvalue weighted by Crippen LogP contribution is -2.44. The maximum Gasteiger partial charge on any atom is 0.333 e. The molecule has 3 aliphatic rings. The van der Waals surface area contributed by atoms with Gasteiger partial charge in [-0.05, 0) is 44.1 Å². The molecule has 3 aliphatic heterocycles. The van der Waals surface area contributed by atoms with Gasteiger partial charge in [-0.15, -0.1) is 0 Å². The van der Waals surface area contributed by atoms with Crippen molar-refractivity contribution in [3.63, 3.8) is 0 Å². The van der Waals surface area contributed by atoms with Crippen LogP contribution in [-0.2, 0) is 5.92 Å². The third-order valence-corrected chi connectivity index (χ3v) is 6.11. The van der Waals surface area contributed by atoms with E-state index in [1.165, 1.54) is 12.1 Å². The van der Waals surface area contributed by atoms with Crippen LogP contribution in [0.3, 0.4) is 0 Å². The van der Waals surface area contributed by atoms with E-state index in [0.717, 1.165) is 36.5 Å². The molecule has 33 heavy (non-hydrogen) atoms. The molecule has 1 atom stereocenters. The van der Waals surface area contributed by atoms with E-state index in [0.29, 0.717) is 22.7 Å². The average Bonchev–Trinajstić information content (AvgIpc) is 3.52. The summed E-state index contributed by atoms with van der Waals surface area (Å²) >= 11 is 0. The van der Waals surface area contributed by atoms with Gasteiger partial charge in [0.25, 0.3) is 0 Å². The number of hydrogen-bond donors (Lipinski definition) is 2. The van der Waals surface area contributed by atoms with Gasteiger partial charge in [0, 0.05) is 28.9 Å². The van der Waals surface area contributed by atoms with Gasteiger partial charge in [-0.25, -0.2) is 4.99 Å². The lowest BCUT2D eigenvalue weighted by Gasteiger charge is -2.26. The zero-order valence-electron chi connectivity index (χ0n) is 17.6. The summed E-state index contributed by atoms with van der Waals surface area (Å²) in [6, 6.07) is 8.16. The highest BCUT2D eigenvalue weighted by Crippen LogP contribution is 2.35. The normalized spacial score (nSPS) is 21.0. The summed E-state index contributed by atoms with van der Waals surface area (Å²) in [7, 11) is 0. The van der Waals surface area contributed by atoms with E-state index in [-0.39, 0.29) is 5.56 Å². The number of amidine groups is 1. The topological polar surface area (TPSA) is 95.1 Å². The van der Waals surface area contributed by atoms with Crippen LogP contribution in [0.5, 0.6) is 0 Å². The number of piperidine rings is 1. The fourth-order valence-electron chi connectivity index (χ4n) is 4.31. The number of aromatic nitrogens is 3. The van der Waals surface area contributed by atoms with Gasteiger partial charge in [0.1, 0.15) is 5.71 Å². The Morgan fingerprint density at radius 1 is 1.12 bits per heavy atom. The molecule has 1 aromatic carbocycles. The number of alkyl halides is 2. The fraction of sp³-hybridized carbons (Fsp3) is 0.318. The van der Waals surface area contributed by atoms with Crippen LogP contribution in [0.25, 0.3) is 10.9 Å². The van der Waals surface area contributed by atoms with Gasteiger partial charge < -0.3 is 5.32 Å². The van der Waals surface area contributed by atoms with Crippen molar-refractivity contribution in [3.8, 4) is 0 Å². The molecule has 1 unspecified atom stereocenters. The molecule has 0 spiro atoms. The van der Waals surface area contributed by atoms with Gasteiger partial charge in [-0.2, -0.15) is 29.1 Å². The number of hydrazone groups is 2. The van der Waals surface area contributed by atoms with Gasteiger partial charge >= 0.3 is 5.92 Å². The largest absolute Gasteiger partial charge is 0.333 e. The Labute approximate surface area is 187 Å². The molecule has 11 heteroatoms. The minimum absolute atomic E-state index is 0.186. The number of rotatable bonds is 4. The average molecular weight is 449 g/mol. The highest BCUT2D eigenvalue weighted by Gasteiger charge is 2.48. The molecule has 2 aromatic heterocycles. The van der Waals surface area contributed by atoms with E-state index in [1.807, 2.05) is 10.9 Å². The minimum atomic E-state index is -3.38. The number of hydrogen-bond acceptors (Lipinski definition) is 8. The second-order valence-electron chi connectivity index (χ2n) is 8.22. The van der Waals surface area contributed by atoms with Crippen molar-refractivity contribution in [3.05, 3.63) is 60.0 Å². The third-order valence-electron chi connectivity index (χ3n) is 6.11. The number of halogens is 2. The van der Waals surface area contributed by atoms with Crippen LogP contribution in [-0.4, -0.2) is 56.9 Å². The maximum absolute atomic E-state index is 15.6. The first kappa shape index (κ1) is 19.9. The number of nitrogens with one attached hydrogen (secondary N) is 2. The molecule has 0 aliphatic carbocycles. The number of aliphatic imine (C=N–C) groups is 1. The van der Waals surface area contributed by atoms with Crippen molar-refractivity contribution >= 4 is 28.7 Å². The summed E-state index contributed by atoms with van der Waals surface area (Å²) in [6.07, 6.45) is 7.96. The summed E-state index contributed by atoms with van der Waals surface area (Å²) in [5.74, 6) is -3.89. The van der Waals surface area contributed by atoms with E-state index in [2.05, 4.69) is 36.0 Å². The van der Waals surface area contributed by atoms with Crippen LogP contribution in [0.1, 0.15) is 30.0 Å². The van der Waals surface area contributed by atoms with Crippen molar-refractivity contribution in [1.29, 1.82) is 0 Å². The second-order valence-corrected chi connectivity index (χ2v) is 8.22. The number of nitrogens with zero attached hydrogens (tertiary/aromatic N) is 7. The zero-order valence-corrected chi connectivity index (χ0v) is 17.6. The van der Waals surface area contributed by atoms with Crippen LogP contribution >= 0.6 is 0 Å². The van der Waals surface area contributed by atoms with Crippen LogP contribution in [0, 0.1) is 0 Å². The van der Waals surface area contributed by atoms with Crippen molar-refractivity contribution < 1.29 is 8.78 Å². The quantitative estimate of drug-likeness (QED) is 0.638. The third kappa shape index (κ3) is 3.44. The Bertz CT molecular complexity index is 1290. The minimum Gasteiger partial charge on any atom is -0.317 e. The molecule has 0 bridgehead atoms. The molecular weight excluding hydrogens is 428 g/mol. The number of pyridine rings is 1. The van der Waals surface area contributed by atoms with Crippen LogP contribution in [0.15, 0.2) is 64.1 Å². The molecule has 1 fully saturated rings. The maximum atomic E-state index is 15.6. The van der Waals surface area contributed by atoms with Crippen LogP contribution < -0.4 is 10.7 Å². The van der Waals surface area contributed by atoms with Crippen molar-refractivity contribution in [2.75, 3.05) is 13.1 Å². The monoisotopic (exact) mass is 449 g/mol. The standard InChI is InChI=1S/C22H21F2N9/c23-22(24,16-3-4-18-14(10-16)2-1-7-26-18)20-29-30-21-27-12-19(31-33(20)21)15-11-28-32(13-15)17-5-8-25-9-6-17/h1-4,7,10-13,17,21,25,30H,5-6,8-9H2. The summed E-state index contributed by atoms with van der Waals surface area (Å²) in [5, 5.41) is 17.9. The first-order valence-corrected chi connectivity index (χ1v) is 10.8. The summed E-state index contributed by atoms with van der Waals surface area (Å²) in [4.78, 5) is 8.53. The molecule has 168 valence electrons. The first-order valence-electron chi connectivity index (χ1n) is 10.8. The van der Waals surface area contributed by atoms with Crippen LogP contribution in [0.2, 0.25) is 0 Å². The van der Waals surface area contributed by atoms with E-state index in [4.69, 9.17) is 0 Å². The molecule has 1 saturated heterocycles. The predicted octanol–water partition coefficient (Wildman–Crippen LogP) is 2.44. The van der Waals surface area contributed by atoms with E-state index < -0.39 is 18.0 Å². The highest BCUT2D eigenvalue weighted by atomic mass is 19.3. The number of fused-ring (bicyclic) bond motifs is 2. The molecule has 2 N–H and O–H groups in total. The van der Waals surface area contributed by atoms with Gasteiger partial charge in [-0.3, -0.25) is 15.1 Å². The van der Waals surface area contributed by atoms with E-state index in [1.54, 1.807) is 36.8 Å². The summed E-state index contributed by atoms with van der Waals surface area (Å²) < 4.78 is 33.0. The van der Waals surface area contributed by atoms with E-state index in [9.17, 15) is 0 Å². The van der Waals surface area contributed by atoms with E-state index >= 15 is 8.78 Å². The smallest absolute Gasteiger partial charge is 0.317 e. The zero-order chi connectivity index (χ0) is 22.4. The van der Waals surface area contributed by atoms with Crippen molar-refractivity contribution in [2.24, 2.45) is 15.2 Å². The van der Waals surface area contributed by atoms with Crippen molar-refractivity contribution in [2.45, 2.75) is 31.1 Å². The van der Waals surface area contributed by atoms with Gasteiger partial charge in [0.2, 0.25) is 12.1 Å². The lowest BCUT2D eigenvalue weighted by molar-refractivity contribution is 0.0597. The molecule has 6 rings (SSSR count). The second kappa shape index (κ2) is 7.69. The molecule has 5 heterocycles. The number of benzene rings is 1. The van der Waals surface area contributed by atoms with Gasteiger partial charge in [-0.1, -0.05) is 12.1 Å². The highest BCUT2D eigenvalue weighted by molar-refractivity contribution is 6.38. The molecule has 3 aromatic rings. The van der Waals surface area contributed by atoms with Crippen molar-refractivity contribution in [1.82, 2.24) is 30.5 Å². The molecule has 9 nitrogen and oxygen atoms in total. The van der Waals surface area contributed by atoms with Crippen LogP contribution in [0.4, 0.5) is 8.78 Å². The van der Waals surface area contributed by atoms with Gasteiger partial charge in [0.05, 0.1) is 24.0 Å². The fourth-order valence-corrected chi connectivity index (χ4v) is 4.31. The molecule has 0 radical (unpaired) electrons. The summed E-state index contributed by atoms with van der Waals surface area (Å²) in [6.45, 7) is 1.90. The Kier molecular flexibility index (Phi) is 4.64. The first-order chi connectivity index (χ1) is 16.1. The molecule has 0 amide bonds. The Morgan fingerprint density at radius 2 is 2.00 bits per heavy atom. The molecular formula is C22H21F2N9. The van der Waals surface area contributed by atoms with Gasteiger partial charge in [0.15, 0.2) is 0 Å². The Morgan fingerprint density at radius 3 is 2.88 bits per heavy atom. The molecule has 0 saturated carbocycles. The Balaban J connectivity index is 1.29. The SMILES string of the molecule is FC(F)(C1=NNC2N=CC(c3cnn(C4CCNCC4)c3)=NN12)c1ccc2ncccc2c1. The predicted molar refractivity (Wildman–Crippen MR) is 120 cm³/mol. The lowest BCUT2D eigenvalue weighted by atomic mass is 10.0. The Hall–Kier alpha value is -3.73.